The summed E-state index contributed by atoms with van der Waals surface area (Å²) in [6.07, 6.45) is 9.04. The molecule has 0 spiro atoms. The van der Waals surface area contributed by atoms with E-state index in [0.29, 0.717) is 13.0 Å². The fourth-order valence-electron chi connectivity index (χ4n) is 1.47. The minimum atomic E-state index is -0.0160. The van der Waals surface area contributed by atoms with Crippen LogP contribution in [-0.2, 0) is 9.63 Å². The molecule has 0 saturated heterocycles. The molecule has 0 aliphatic rings. The molecule has 0 aromatic heterocycles. The maximum Gasteiger partial charge on any atom is 0.243 e. The first-order valence-corrected chi connectivity index (χ1v) is 6.95. The van der Waals surface area contributed by atoms with Gasteiger partial charge in [0.2, 0.25) is 5.91 Å². The van der Waals surface area contributed by atoms with Gasteiger partial charge in [-0.3, -0.25) is 9.63 Å². The maximum atomic E-state index is 11.4. The molecule has 0 saturated carbocycles. The van der Waals surface area contributed by atoms with Crippen LogP contribution in [0.25, 0.3) is 0 Å². The molecule has 0 aliphatic carbocycles. The summed E-state index contributed by atoms with van der Waals surface area (Å²) >= 11 is 0. The number of hydroxylamine groups is 1. The highest BCUT2D eigenvalue weighted by molar-refractivity contribution is 5.74. The molecule has 0 heterocycles. The van der Waals surface area contributed by atoms with Crippen molar-refractivity contribution in [2.75, 3.05) is 6.61 Å². The van der Waals surface area contributed by atoms with Crippen molar-refractivity contribution < 1.29 is 9.63 Å². The number of rotatable bonds is 10. The zero-order chi connectivity index (χ0) is 13.6. The third-order valence-corrected chi connectivity index (χ3v) is 2.45. The van der Waals surface area contributed by atoms with E-state index in [0.717, 1.165) is 24.8 Å². The zero-order valence-corrected chi connectivity index (χ0v) is 12.1. The molecule has 0 atom stereocenters. The molecule has 1 N–H and O–H groups in total. The Bertz CT molecular complexity index is 274. The third kappa shape index (κ3) is 13.0. The lowest BCUT2D eigenvalue weighted by Crippen LogP contribution is -2.23. The summed E-state index contributed by atoms with van der Waals surface area (Å²) in [5, 5.41) is 0. The zero-order valence-electron chi connectivity index (χ0n) is 12.1. The summed E-state index contributed by atoms with van der Waals surface area (Å²) in [6, 6.07) is 0. The van der Waals surface area contributed by atoms with Crippen molar-refractivity contribution in [2.24, 2.45) is 0 Å². The van der Waals surface area contributed by atoms with Crippen LogP contribution in [0, 0.1) is 0 Å². The Morgan fingerprint density at radius 3 is 2.61 bits per heavy atom. The number of carbonyl (C=O) groups excluding carboxylic acids is 1. The molecular weight excluding hydrogens is 226 g/mol. The first kappa shape index (κ1) is 16.9. The summed E-state index contributed by atoms with van der Waals surface area (Å²) in [4.78, 5) is 16.4. The van der Waals surface area contributed by atoms with Crippen molar-refractivity contribution in [3.8, 4) is 0 Å². The smallest absolute Gasteiger partial charge is 0.243 e. The van der Waals surface area contributed by atoms with Crippen LogP contribution in [0.1, 0.15) is 65.7 Å². The van der Waals surface area contributed by atoms with Crippen LogP contribution < -0.4 is 5.48 Å². The van der Waals surface area contributed by atoms with E-state index in [1.54, 1.807) is 0 Å². The van der Waals surface area contributed by atoms with Gasteiger partial charge in [-0.05, 0) is 38.3 Å². The summed E-state index contributed by atoms with van der Waals surface area (Å²) in [6.45, 7) is 6.68. The summed E-state index contributed by atoms with van der Waals surface area (Å²) in [5.74, 6) is -0.0160. The first-order valence-electron chi connectivity index (χ1n) is 6.95. The van der Waals surface area contributed by atoms with Gasteiger partial charge in [0.15, 0.2) is 0 Å². The van der Waals surface area contributed by atoms with Crippen molar-refractivity contribution in [1.82, 2.24) is 5.48 Å². The second-order valence-electron chi connectivity index (χ2n) is 4.68. The van der Waals surface area contributed by atoms with E-state index < -0.39 is 0 Å². The summed E-state index contributed by atoms with van der Waals surface area (Å²) < 4.78 is 0. The second-order valence-corrected chi connectivity index (χ2v) is 4.68. The predicted octanol–water partition coefficient (Wildman–Crippen LogP) is 3.91. The van der Waals surface area contributed by atoms with Crippen LogP contribution in [0.4, 0.5) is 0 Å². The minimum Gasteiger partial charge on any atom is -0.273 e. The van der Waals surface area contributed by atoms with Crippen LogP contribution >= 0.6 is 0 Å². The summed E-state index contributed by atoms with van der Waals surface area (Å²) in [5.41, 5.74) is 6.70. The number of unbranched alkanes of at least 4 members (excludes halogenated alkanes) is 4. The summed E-state index contributed by atoms with van der Waals surface area (Å²) in [7, 11) is 0. The average Bonchev–Trinajstić information content (AvgIpc) is 2.33. The van der Waals surface area contributed by atoms with E-state index in [1.807, 2.05) is 19.9 Å². The highest BCUT2D eigenvalue weighted by Crippen LogP contribution is 2.04. The van der Waals surface area contributed by atoms with Crippen LogP contribution in [-0.4, -0.2) is 12.5 Å². The highest BCUT2D eigenvalue weighted by Gasteiger charge is 1.99. The molecular formula is C15H27NO2. The highest BCUT2D eigenvalue weighted by atomic mass is 16.6. The topological polar surface area (TPSA) is 38.3 Å². The van der Waals surface area contributed by atoms with Gasteiger partial charge in [-0.2, -0.15) is 0 Å². The minimum absolute atomic E-state index is 0.0160. The molecule has 0 unspecified atom stereocenters. The Morgan fingerprint density at radius 2 is 1.94 bits per heavy atom. The Hall–Kier alpha value is -1.05. The van der Waals surface area contributed by atoms with Gasteiger partial charge in [0.25, 0.3) is 0 Å². The van der Waals surface area contributed by atoms with Crippen molar-refractivity contribution >= 4 is 5.91 Å². The lowest BCUT2D eigenvalue weighted by Gasteiger charge is -2.04. The lowest BCUT2D eigenvalue weighted by atomic mass is 10.1. The van der Waals surface area contributed by atoms with Gasteiger partial charge in [0.05, 0.1) is 6.61 Å². The van der Waals surface area contributed by atoms with E-state index in [1.165, 1.54) is 19.3 Å². The van der Waals surface area contributed by atoms with Crippen LogP contribution in [0.3, 0.4) is 0 Å². The van der Waals surface area contributed by atoms with E-state index in [9.17, 15) is 4.79 Å². The second kappa shape index (κ2) is 12.4. The van der Waals surface area contributed by atoms with Crippen molar-refractivity contribution in [3.63, 3.8) is 0 Å². The average molecular weight is 253 g/mol. The SMILES string of the molecule is CCCCCCCC(=O)NOCCC=C=C(C)C. The fraction of sp³-hybridized carbons (Fsp3) is 0.733. The standard InChI is InChI=1S/C15H27NO2/c1-4-5-6-7-8-12-15(17)16-18-13-10-9-11-14(2)3/h9H,4-8,10,12-13H2,1-3H3,(H,16,17). The third-order valence-electron chi connectivity index (χ3n) is 2.45. The van der Waals surface area contributed by atoms with Gasteiger partial charge in [-0.1, -0.05) is 32.6 Å². The van der Waals surface area contributed by atoms with E-state index in [4.69, 9.17) is 4.84 Å². The molecule has 1 amide bonds. The normalized spacial score (nSPS) is 9.72. The molecule has 0 fully saturated rings. The number of hydrogen-bond donors (Lipinski definition) is 1. The number of nitrogens with one attached hydrogen (secondary N) is 1. The molecule has 0 aromatic carbocycles. The van der Waals surface area contributed by atoms with Crippen molar-refractivity contribution in [3.05, 3.63) is 17.4 Å². The maximum absolute atomic E-state index is 11.4. The Balaban J connectivity index is 3.35. The quantitative estimate of drug-likeness (QED) is 0.364. The Labute approximate surface area is 111 Å². The monoisotopic (exact) mass is 253 g/mol. The van der Waals surface area contributed by atoms with Gasteiger partial charge >= 0.3 is 0 Å². The predicted molar refractivity (Wildman–Crippen MR) is 75.0 cm³/mol. The van der Waals surface area contributed by atoms with Gasteiger partial charge in [0.1, 0.15) is 0 Å². The number of amides is 1. The van der Waals surface area contributed by atoms with E-state index in [2.05, 4.69) is 18.1 Å². The largest absolute Gasteiger partial charge is 0.273 e. The Kier molecular flexibility index (Phi) is 11.7. The fourth-order valence-corrected chi connectivity index (χ4v) is 1.47. The molecule has 0 aromatic rings. The lowest BCUT2D eigenvalue weighted by molar-refractivity contribution is -0.133. The molecule has 3 nitrogen and oxygen atoms in total. The molecule has 0 aliphatic heterocycles. The molecule has 18 heavy (non-hydrogen) atoms. The number of carbonyl (C=O) groups is 1. The molecule has 3 heteroatoms. The Morgan fingerprint density at radius 1 is 1.22 bits per heavy atom. The van der Waals surface area contributed by atoms with Gasteiger partial charge in [-0.25, -0.2) is 5.48 Å². The van der Waals surface area contributed by atoms with Gasteiger partial charge in [0, 0.05) is 6.42 Å². The van der Waals surface area contributed by atoms with Crippen LogP contribution in [0.15, 0.2) is 17.4 Å². The molecule has 0 rings (SSSR count). The molecule has 0 bridgehead atoms. The molecule has 0 radical (unpaired) electrons. The van der Waals surface area contributed by atoms with Crippen LogP contribution in [0.2, 0.25) is 0 Å². The van der Waals surface area contributed by atoms with Crippen LogP contribution in [0.5, 0.6) is 0 Å². The van der Waals surface area contributed by atoms with E-state index >= 15 is 0 Å². The number of hydrogen-bond acceptors (Lipinski definition) is 2. The van der Waals surface area contributed by atoms with E-state index in [-0.39, 0.29) is 5.91 Å². The van der Waals surface area contributed by atoms with Crippen molar-refractivity contribution in [1.29, 1.82) is 0 Å². The van der Waals surface area contributed by atoms with Gasteiger partial charge in [-0.15, -0.1) is 5.73 Å². The molecule has 104 valence electrons. The first-order chi connectivity index (χ1) is 8.66. The van der Waals surface area contributed by atoms with Gasteiger partial charge < -0.3 is 0 Å². The van der Waals surface area contributed by atoms with Crippen molar-refractivity contribution in [2.45, 2.75) is 65.7 Å².